The maximum absolute atomic E-state index is 3.92. The van der Waals surface area contributed by atoms with Crippen LogP contribution in [0.25, 0.3) is 39.0 Å². The first-order chi connectivity index (χ1) is 22.8. The number of nitrogens with one attached hydrogen (secondary N) is 2. The van der Waals surface area contributed by atoms with Crippen molar-refractivity contribution < 1.29 is 0 Å². The molecule has 2 N–H and O–H groups in total. The van der Waals surface area contributed by atoms with Gasteiger partial charge in [-0.05, 0) is 47.0 Å². The molecule has 1 aromatic heterocycles. The van der Waals surface area contributed by atoms with Gasteiger partial charge in [0.15, 0.2) is 0 Å². The van der Waals surface area contributed by atoms with E-state index in [9.17, 15) is 0 Å². The van der Waals surface area contributed by atoms with Crippen LogP contribution < -0.4 is 15.5 Å². The van der Waals surface area contributed by atoms with Gasteiger partial charge in [0.05, 0.1) is 34.3 Å². The number of para-hydroxylation sites is 4. The first-order valence-electron chi connectivity index (χ1n) is 15.9. The molecule has 0 aliphatic carbocycles. The second kappa shape index (κ2) is 11.0. The minimum absolute atomic E-state index is 0.00450. The van der Waals surface area contributed by atoms with Crippen molar-refractivity contribution in [1.82, 2.24) is 15.2 Å². The summed E-state index contributed by atoms with van der Waals surface area (Å²) in [7, 11) is 0. The molecule has 4 nitrogen and oxygen atoms in total. The molecule has 2 aliphatic rings. The largest absolute Gasteiger partial charge is 0.352 e. The molecule has 0 saturated carbocycles. The van der Waals surface area contributed by atoms with Crippen molar-refractivity contribution in [3.63, 3.8) is 0 Å². The third kappa shape index (κ3) is 4.26. The van der Waals surface area contributed by atoms with Gasteiger partial charge in [-0.3, -0.25) is 10.2 Å². The van der Waals surface area contributed by atoms with Gasteiger partial charge in [-0.25, -0.2) is 0 Å². The molecule has 0 amide bonds. The number of nitrogens with zero attached hydrogens (tertiary/aromatic N) is 2. The summed E-state index contributed by atoms with van der Waals surface area (Å²) in [4.78, 5) is 2.42. The van der Waals surface area contributed by atoms with Crippen LogP contribution in [-0.4, -0.2) is 4.57 Å². The number of aromatic nitrogens is 1. The molecule has 0 fully saturated rings. The maximum Gasteiger partial charge on any atom is 0.110 e. The molecule has 0 saturated heterocycles. The molecule has 0 bridgehead atoms. The lowest BCUT2D eigenvalue weighted by Crippen LogP contribution is -2.44. The molecule has 6 aromatic carbocycles. The zero-order valence-electron chi connectivity index (χ0n) is 25.2. The third-order valence-corrected chi connectivity index (χ3v) is 9.20. The molecular formula is C42H32N4. The Morgan fingerprint density at radius 2 is 1.09 bits per heavy atom. The molecule has 0 radical (unpaired) electrons. The number of fused-ring (bicyclic) bond motifs is 7. The molecule has 2 unspecified atom stereocenters. The van der Waals surface area contributed by atoms with Crippen molar-refractivity contribution in [2.45, 2.75) is 12.2 Å². The quantitative estimate of drug-likeness (QED) is 0.213. The Labute approximate surface area is 268 Å². The van der Waals surface area contributed by atoms with Crippen LogP contribution in [0.3, 0.4) is 0 Å². The van der Waals surface area contributed by atoms with E-state index in [1.165, 1.54) is 44.4 Å². The molecule has 4 heteroatoms. The number of hydrogen-bond acceptors (Lipinski definition) is 3. The van der Waals surface area contributed by atoms with Crippen LogP contribution in [0.4, 0.5) is 11.4 Å². The van der Waals surface area contributed by atoms with Gasteiger partial charge in [0.2, 0.25) is 0 Å². The Hall–Kier alpha value is -5.84. The first-order valence-corrected chi connectivity index (χ1v) is 15.9. The van der Waals surface area contributed by atoms with E-state index in [2.05, 4.69) is 190 Å². The highest BCUT2D eigenvalue weighted by Gasteiger charge is 2.34. The van der Waals surface area contributed by atoms with Crippen molar-refractivity contribution in [2.75, 3.05) is 4.90 Å². The summed E-state index contributed by atoms with van der Waals surface area (Å²) in [6, 6.07) is 58.6. The second-order valence-electron chi connectivity index (χ2n) is 11.9. The Balaban J connectivity index is 1.33. The maximum atomic E-state index is 3.92. The normalized spacial score (nSPS) is 16.9. The average molecular weight is 593 g/mol. The Morgan fingerprint density at radius 3 is 1.85 bits per heavy atom. The second-order valence-corrected chi connectivity index (χ2v) is 11.9. The lowest BCUT2D eigenvalue weighted by atomic mass is 9.97. The monoisotopic (exact) mass is 592 g/mol. The van der Waals surface area contributed by atoms with Gasteiger partial charge in [0, 0.05) is 16.5 Å². The molecule has 2 atom stereocenters. The standard InChI is InChI=1S/C42H32N4/c1-4-16-29(17-5-1)34-28-39(44-42(43-34)31-20-8-3-9-21-31)45-36-25-13-11-23-33(36)41-40(30-18-6-2-7-19-30)32-22-10-12-24-35(32)46(41)38-27-15-14-26-37(38)45/h1-28,34,42-44H. The predicted octanol–water partition coefficient (Wildman–Crippen LogP) is 9.89. The topological polar surface area (TPSA) is 32.2 Å². The molecule has 2 aliphatic heterocycles. The summed E-state index contributed by atoms with van der Waals surface area (Å²) in [5.74, 6) is 1.04. The highest BCUT2D eigenvalue weighted by Crippen LogP contribution is 2.51. The molecule has 46 heavy (non-hydrogen) atoms. The van der Waals surface area contributed by atoms with Crippen LogP contribution in [0.15, 0.2) is 176 Å². The van der Waals surface area contributed by atoms with Gasteiger partial charge in [-0.15, -0.1) is 0 Å². The molecule has 3 heterocycles. The van der Waals surface area contributed by atoms with E-state index in [0.29, 0.717) is 0 Å². The lowest BCUT2D eigenvalue weighted by Gasteiger charge is -2.38. The smallest absolute Gasteiger partial charge is 0.110 e. The average Bonchev–Trinajstić information content (AvgIpc) is 3.42. The fraction of sp³-hybridized carbons (Fsp3) is 0.0476. The summed E-state index contributed by atoms with van der Waals surface area (Å²) in [6.07, 6.45) is 2.24. The van der Waals surface area contributed by atoms with Gasteiger partial charge in [0.25, 0.3) is 0 Å². The predicted molar refractivity (Wildman–Crippen MR) is 189 cm³/mol. The third-order valence-electron chi connectivity index (χ3n) is 9.20. The molecule has 7 aromatic rings. The van der Waals surface area contributed by atoms with Crippen LogP contribution in [-0.2, 0) is 0 Å². The molecule has 9 rings (SSSR count). The van der Waals surface area contributed by atoms with Crippen molar-refractivity contribution in [2.24, 2.45) is 0 Å². The van der Waals surface area contributed by atoms with E-state index in [1.807, 2.05) is 0 Å². The minimum Gasteiger partial charge on any atom is -0.352 e. The van der Waals surface area contributed by atoms with E-state index in [0.717, 1.165) is 22.9 Å². The van der Waals surface area contributed by atoms with E-state index >= 15 is 0 Å². The minimum atomic E-state index is -0.0892. The number of hydrogen-bond donors (Lipinski definition) is 2. The number of benzene rings is 6. The van der Waals surface area contributed by atoms with Gasteiger partial charge >= 0.3 is 0 Å². The summed E-state index contributed by atoms with van der Waals surface area (Å²) >= 11 is 0. The van der Waals surface area contributed by atoms with Gasteiger partial charge in [-0.1, -0.05) is 140 Å². The number of rotatable bonds is 4. The lowest BCUT2D eigenvalue weighted by molar-refractivity contribution is 0.413. The van der Waals surface area contributed by atoms with Crippen molar-refractivity contribution in [3.05, 3.63) is 187 Å². The molecule has 220 valence electrons. The van der Waals surface area contributed by atoms with Crippen molar-refractivity contribution in [3.8, 4) is 28.1 Å². The summed E-state index contributed by atoms with van der Waals surface area (Å²) in [5.41, 5.74) is 11.8. The van der Waals surface area contributed by atoms with E-state index in [1.54, 1.807) is 0 Å². The Kier molecular flexibility index (Phi) is 6.32. The highest BCUT2D eigenvalue weighted by molar-refractivity contribution is 6.09. The SMILES string of the molecule is C1=C(N2c3ccccc3-c3c(-c4ccccc4)c4ccccc4n3-c3ccccc32)NC(c2ccccc2)NC1c1ccccc1. The van der Waals surface area contributed by atoms with Crippen LogP contribution >= 0.6 is 0 Å². The molecular weight excluding hydrogens is 560 g/mol. The van der Waals surface area contributed by atoms with Crippen LogP contribution in [0.5, 0.6) is 0 Å². The highest BCUT2D eigenvalue weighted by atomic mass is 15.3. The fourth-order valence-corrected chi connectivity index (χ4v) is 7.18. The summed E-state index contributed by atoms with van der Waals surface area (Å²) in [5, 5.41) is 9.03. The van der Waals surface area contributed by atoms with Gasteiger partial charge < -0.3 is 9.88 Å². The van der Waals surface area contributed by atoms with Crippen LogP contribution in [0, 0.1) is 0 Å². The first kappa shape index (κ1) is 26.6. The van der Waals surface area contributed by atoms with E-state index in [-0.39, 0.29) is 12.2 Å². The Bertz CT molecular complexity index is 2220. The summed E-state index contributed by atoms with van der Waals surface area (Å²) in [6.45, 7) is 0. The van der Waals surface area contributed by atoms with Crippen LogP contribution in [0.1, 0.15) is 23.3 Å². The van der Waals surface area contributed by atoms with Crippen molar-refractivity contribution in [1.29, 1.82) is 0 Å². The Morgan fingerprint density at radius 1 is 0.500 bits per heavy atom. The van der Waals surface area contributed by atoms with Crippen molar-refractivity contribution >= 4 is 22.3 Å². The zero-order valence-corrected chi connectivity index (χ0v) is 25.2. The van der Waals surface area contributed by atoms with Gasteiger partial charge in [0.1, 0.15) is 12.0 Å². The van der Waals surface area contributed by atoms with E-state index < -0.39 is 0 Å². The fourth-order valence-electron chi connectivity index (χ4n) is 7.18. The van der Waals surface area contributed by atoms with Crippen LogP contribution in [0.2, 0.25) is 0 Å². The summed E-state index contributed by atoms with van der Waals surface area (Å²) < 4.78 is 2.47. The molecule has 0 spiro atoms. The zero-order chi connectivity index (χ0) is 30.5. The van der Waals surface area contributed by atoms with E-state index in [4.69, 9.17) is 0 Å². The van der Waals surface area contributed by atoms with Gasteiger partial charge in [-0.2, -0.15) is 0 Å². The number of anilines is 2.